The zero-order valence-electron chi connectivity index (χ0n) is 18.9. The van der Waals surface area contributed by atoms with Crippen molar-refractivity contribution in [2.75, 3.05) is 13.7 Å². The van der Waals surface area contributed by atoms with Crippen LogP contribution in [0.15, 0.2) is 48.5 Å². The predicted octanol–water partition coefficient (Wildman–Crippen LogP) is 4.02. The van der Waals surface area contributed by atoms with Gasteiger partial charge in [0.15, 0.2) is 0 Å². The van der Waals surface area contributed by atoms with E-state index in [9.17, 15) is 19.5 Å². The molecule has 1 aliphatic carbocycles. The van der Waals surface area contributed by atoms with Crippen molar-refractivity contribution in [1.29, 1.82) is 0 Å². The maximum atomic E-state index is 12.6. The first kappa shape index (κ1) is 23.3. The standard InChI is InChI=1S/C25H30N2O5/c1-5-16(14-22(28)27(4)25(2,3)23(29)30)26-24(31)32-15-21-19-12-8-6-10-17(19)18-11-7-9-13-20(18)21/h6-13,16,21H,5,14-15H2,1-4H3,(H,26,31)(H,29,30). The second-order valence-corrected chi connectivity index (χ2v) is 8.60. The van der Waals surface area contributed by atoms with Crippen molar-refractivity contribution >= 4 is 18.0 Å². The number of hydrogen-bond donors (Lipinski definition) is 2. The van der Waals surface area contributed by atoms with Gasteiger partial charge in [0.05, 0.1) is 0 Å². The number of amides is 2. The molecule has 0 aromatic heterocycles. The van der Waals surface area contributed by atoms with Crippen LogP contribution in [0.2, 0.25) is 0 Å². The molecule has 32 heavy (non-hydrogen) atoms. The van der Waals surface area contributed by atoms with E-state index in [1.54, 1.807) is 0 Å². The number of carbonyl (C=O) groups excluding carboxylic acids is 2. The molecule has 7 nitrogen and oxygen atoms in total. The summed E-state index contributed by atoms with van der Waals surface area (Å²) in [6, 6.07) is 15.7. The Bertz CT molecular complexity index is 971. The molecule has 7 heteroatoms. The van der Waals surface area contributed by atoms with Gasteiger partial charge in [-0.25, -0.2) is 9.59 Å². The van der Waals surface area contributed by atoms with E-state index in [4.69, 9.17) is 4.74 Å². The number of likely N-dealkylation sites (N-methyl/N-ethyl adjacent to an activating group) is 1. The molecule has 3 rings (SSSR count). The summed E-state index contributed by atoms with van der Waals surface area (Å²) in [6.45, 7) is 4.97. The number of rotatable bonds is 8. The summed E-state index contributed by atoms with van der Waals surface area (Å²) in [4.78, 5) is 37.6. The Labute approximate surface area is 188 Å². The van der Waals surface area contributed by atoms with Gasteiger partial charge < -0.3 is 20.1 Å². The molecule has 2 aromatic rings. The van der Waals surface area contributed by atoms with Crippen molar-refractivity contribution in [2.45, 2.75) is 51.1 Å². The van der Waals surface area contributed by atoms with Gasteiger partial charge in [0, 0.05) is 25.4 Å². The van der Waals surface area contributed by atoms with Gasteiger partial charge in [-0.05, 0) is 42.5 Å². The Hall–Kier alpha value is -3.35. The van der Waals surface area contributed by atoms with Gasteiger partial charge in [0.1, 0.15) is 12.1 Å². The molecule has 0 saturated carbocycles. The zero-order chi connectivity index (χ0) is 23.5. The lowest BCUT2D eigenvalue weighted by molar-refractivity contribution is -0.155. The molecule has 0 aliphatic heterocycles. The normalized spacial score (nSPS) is 13.6. The number of ether oxygens (including phenoxy) is 1. The minimum absolute atomic E-state index is 0.00605. The van der Waals surface area contributed by atoms with E-state index in [2.05, 4.69) is 29.6 Å². The van der Waals surface area contributed by atoms with Crippen molar-refractivity contribution in [3.8, 4) is 11.1 Å². The zero-order valence-corrected chi connectivity index (χ0v) is 18.9. The number of benzene rings is 2. The average molecular weight is 439 g/mol. The van der Waals surface area contributed by atoms with Crippen LogP contribution in [0, 0.1) is 0 Å². The lowest BCUT2D eigenvalue weighted by atomic mass is 9.98. The summed E-state index contributed by atoms with van der Waals surface area (Å²) in [5.74, 6) is -1.49. The molecule has 0 radical (unpaired) electrons. The number of carboxylic acid groups (broad SMARTS) is 1. The fourth-order valence-electron chi connectivity index (χ4n) is 3.91. The number of nitrogens with one attached hydrogen (secondary N) is 1. The molecule has 1 aliphatic rings. The van der Waals surface area contributed by atoms with Gasteiger partial charge >= 0.3 is 12.1 Å². The molecule has 2 amide bonds. The largest absolute Gasteiger partial charge is 0.480 e. The van der Waals surface area contributed by atoms with Gasteiger partial charge in [-0.2, -0.15) is 0 Å². The highest BCUT2D eigenvalue weighted by Crippen LogP contribution is 2.44. The number of fused-ring (bicyclic) bond motifs is 3. The average Bonchev–Trinajstić information content (AvgIpc) is 3.10. The molecule has 1 atom stereocenters. The maximum Gasteiger partial charge on any atom is 0.407 e. The van der Waals surface area contributed by atoms with E-state index in [-0.39, 0.29) is 24.9 Å². The third kappa shape index (κ3) is 4.61. The molecule has 2 N–H and O–H groups in total. The second kappa shape index (κ2) is 9.42. The van der Waals surface area contributed by atoms with Crippen molar-refractivity contribution in [2.24, 2.45) is 0 Å². The summed E-state index contributed by atoms with van der Waals surface area (Å²) < 4.78 is 5.55. The third-order valence-corrected chi connectivity index (χ3v) is 6.32. The molecule has 0 fully saturated rings. The molecule has 0 heterocycles. The van der Waals surface area contributed by atoms with Crippen molar-refractivity contribution in [3.63, 3.8) is 0 Å². The topological polar surface area (TPSA) is 95.9 Å². The van der Waals surface area contributed by atoms with Gasteiger partial charge in [-0.15, -0.1) is 0 Å². The van der Waals surface area contributed by atoms with Crippen molar-refractivity contribution in [3.05, 3.63) is 59.7 Å². The number of hydrogen-bond acceptors (Lipinski definition) is 4. The van der Waals surface area contributed by atoms with Gasteiger partial charge in [-0.3, -0.25) is 4.79 Å². The van der Waals surface area contributed by atoms with E-state index in [1.807, 2.05) is 31.2 Å². The highest BCUT2D eigenvalue weighted by molar-refractivity contribution is 5.86. The van der Waals surface area contributed by atoms with Crippen LogP contribution in [0.3, 0.4) is 0 Å². The van der Waals surface area contributed by atoms with E-state index in [1.165, 1.54) is 25.8 Å². The Morgan fingerprint density at radius 3 is 2.09 bits per heavy atom. The van der Waals surface area contributed by atoms with Crippen LogP contribution < -0.4 is 5.32 Å². The number of aliphatic carboxylic acids is 1. The summed E-state index contributed by atoms with van der Waals surface area (Å²) in [6.07, 6.45) is -0.0859. The summed E-state index contributed by atoms with van der Waals surface area (Å²) in [7, 11) is 1.45. The Morgan fingerprint density at radius 2 is 1.59 bits per heavy atom. The lowest BCUT2D eigenvalue weighted by Crippen LogP contribution is -2.52. The summed E-state index contributed by atoms with van der Waals surface area (Å²) in [5, 5.41) is 12.1. The number of alkyl carbamates (subject to hydrolysis) is 1. The van der Waals surface area contributed by atoms with Crippen LogP contribution in [0.1, 0.15) is 50.7 Å². The molecule has 170 valence electrons. The smallest absolute Gasteiger partial charge is 0.407 e. The van der Waals surface area contributed by atoms with Crippen LogP contribution in [-0.2, 0) is 14.3 Å². The Kier molecular flexibility index (Phi) is 6.87. The predicted molar refractivity (Wildman–Crippen MR) is 121 cm³/mol. The van der Waals surface area contributed by atoms with Crippen LogP contribution in [0.25, 0.3) is 11.1 Å². The number of carboxylic acids is 1. The highest BCUT2D eigenvalue weighted by atomic mass is 16.5. The monoisotopic (exact) mass is 438 g/mol. The molecule has 0 saturated heterocycles. The first-order chi connectivity index (χ1) is 15.2. The van der Waals surface area contributed by atoms with Crippen LogP contribution >= 0.6 is 0 Å². The van der Waals surface area contributed by atoms with Gasteiger partial charge in [0.2, 0.25) is 5.91 Å². The van der Waals surface area contributed by atoms with Crippen LogP contribution in [0.4, 0.5) is 4.79 Å². The third-order valence-electron chi connectivity index (χ3n) is 6.32. The molecule has 0 bridgehead atoms. The molecule has 1 unspecified atom stereocenters. The fraction of sp³-hybridized carbons (Fsp3) is 0.400. The summed E-state index contributed by atoms with van der Waals surface area (Å²) >= 11 is 0. The second-order valence-electron chi connectivity index (χ2n) is 8.60. The van der Waals surface area contributed by atoms with Crippen LogP contribution in [-0.4, -0.2) is 53.2 Å². The van der Waals surface area contributed by atoms with E-state index in [0.717, 1.165) is 22.3 Å². The molecule has 0 spiro atoms. The quantitative estimate of drug-likeness (QED) is 0.649. The SMILES string of the molecule is CCC(CC(=O)N(C)C(C)(C)C(=O)O)NC(=O)OCC1c2ccccc2-c2ccccc21. The minimum Gasteiger partial charge on any atom is -0.480 e. The fourth-order valence-corrected chi connectivity index (χ4v) is 3.91. The maximum absolute atomic E-state index is 12.6. The minimum atomic E-state index is -1.33. The lowest BCUT2D eigenvalue weighted by Gasteiger charge is -2.32. The van der Waals surface area contributed by atoms with Crippen molar-refractivity contribution in [1.82, 2.24) is 10.2 Å². The van der Waals surface area contributed by atoms with E-state index in [0.29, 0.717) is 6.42 Å². The first-order valence-electron chi connectivity index (χ1n) is 10.8. The summed E-state index contributed by atoms with van der Waals surface area (Å²) in [5.41, 5.74) is 3.22. The Morgan fingerprint density at radius 1 is 1.06 bits per heavy atom. The molecule has 2 aromatic carbocycles. The van der Waals surface area contributed by atoms with E-state index >= 15 is 0 Å². The van der Waals surface area contributed by atoms with Gasteiger partial charge in [-0.1, -0.05) is 55.5 Å². The van der Waals surface area contributed by atoms with Crippen molar-refractivity contribution < 1.29 is 24.2 Å². The molecular weight excluding hydrogens is 408 g/mol. The van der Waals surface area contributed by atoms with Crippen LogP contribution in [0.5, 0.6) is 0 Å². The molecular formula is C25H30N2O5. The number of carbonyl (C=O) groups is 3. The van der Waals surface area contributed by atoms with E-state index < -0.39 is 23.6 Å². The van der Waals surface area contributed by atoms with Gasteiger partial charge in [0.25, 0.3) is 0 Å². The Balaban J connectivity index is 1.61. The number of nitrogens with zero attached hydrogens (tertiary/aromatic N) is 1. The first-order valence-corrected chi connectivity index (χ1v) is 10.8. The highest BCUT2D eigenvalue weighted by Gasteiger charge is 2.36.